The second-order valence-electron chi connectivity index (χ2n) is 5.22. The summed E-state index contributed by atoms with van der Waals surface area (Å²) in [4.78, 5) is 16.7. The normalized spacial score (nSPS) is 17.6. The summed E-state index contributed by atoms with van der Waals surface area (Å²) in [5, 5.41) is 7.19. The fourth-order valence-corrected chi connectivity index (χ4v) is 3.24. The molecule has 21 heavy (non-hydrogen) atoms. The van der Waals surface area contributed by atoms with E-state index in [9.17, 15) is 4.79 Å². The maximum atomic E-state index is 12.2. The first kappa shape index (κ1) is 14.0. The summed E-state index contributed by atoms with van der Waals surface area (Å²) in [5.74, 6) is 0.274. The van der Waals surface area contributed by atoms with Crippen LogP contribution >= 0.6 is 11.3 Å². The van der Waals surface area contributed by atoms with Gasteiger partial charge in [-0.1, -0.05) is 18.2 Å². The maximum Gasteiger partial charge on any atom is 0.223 e. The molecule has 1 atom stereocenters. The van der Waals surface area contributed by atoms with Crippen LogP contribution in [0, 0.1) is 5.92 Å². The molecular formula is C17H18N2OS. The van der Waals surface area contributed by atoms with Crippen molar-refractivity contribution in [1.82, 2.24) is 10.3 Å². The lowest BCUT2D eigenvalue weighted by atomic mass is 9.93. The van der Waals surface area contributed by atoms with Gasteiger partial charge in [-0.3, -0.25) is 9.78 Å². The summed E-state index contributed by atoms with van der Waals surface area (Å²) < 4.78 is 0. The highest BCUT2D eigenvalue weighted by atomic mass is 32.1. The molecule has 1 aliphatic rings. The van der Waals surface area contributed by atoms with E-state index in [1.54, 1.807) is 17.5 Å². The molecule has 0 bridgehead atoms. The Kier molecular flexibility index (Phi) is 4.46. The summed E-state index contributed by atoms with van der Waals surface area (Å²) in [6.07, 6.45) is 8.87. The molecule has 4 heteroatoms. The fraction of sp³-hybridized carbons (Fsp3) is 0.294. The van der Waals surface area contributed by atoms with Gasteiger partial charge in [0.1, 0.15) is 0 Å². The second-order valence-corrected chi connectivity index (χ2v) is 6.00. The van der Waals surface area contributed by atoms with Gasteiger partial charge in [-0.2, -0.15) is 11.3 Å². The summed E-state index contributed by atoms with van der Waals surface area (Å²) >= 11 is 1.66. The van der Waals surface area contributed by atoms with Gasteiger partial charge in [-0.05, 0) is 42.3 Å². The average Bonchev–Trinajstić information content (AvgIpc) is 3.08. The van der Waals surface area contributed by atoms with E-state index in [4.69, 9.17) is 0 Å². The largest absolute Gasteiger partial charge is 0.352 e. The third kappa shape index (κ3) is 3.39. The minimum Gasteiger partial charge on any atom is -0.352 e. The van der Waals surface area contributed by atoms with E-state index >= 15 is 0 Å². The van der Waals surface area contributed by atoms with Crippen molar-refractivity contribution in [3.05, 3.63) is 52.9 Å². The number of nitrogens with one attached hydrogen (secondary N) is 1. The molecule has 0 unspecified atom stereocenters. The van der Waals surface area contributed by atoms with Crippen LogP contribution in [-0.2, 0) is 11.3 Å². The number of pyridine rings is 1. The van der Waals surface area contributed by atoms with E-state index in [1.807, 2.05) is 17.5 Å². The quantitative estimate of drug-likeness (QED) is 0.873. The molecule has 2 heterocycles. The molecule has 0 fully saturated rings. The highest BCUT2D eigenvalue weighted by Crippen LogP contribution is 2.24. The standard InChI is InChI=1S/C17H18N2OS/c20-17(13-5-2-1-3-6-13)19-11-14-7-4-9-18-16(14)15-8-10-21-12-15/h1-2,4,7-10,12-13H,3,5-6,11H2,(H,19,20)/t13-/m1/s1. The molecule has 0 radical (unpaired) electrons. The highest BCUT2D eigenvalue weighted by molar-refractivity contribution is 7.08. The van der Waals surface area contributed by atoms with E-state index in [2.05, 4.69) is 33.9 Å². The number of amides is 1. The molecule has 108 valence electrons. The number of nitrogens with zero attached hydrogens (tertiary/aromatic N) is 1. The SMILES string of the molecule is O=C(NCc1cccnc1-c1ccsc1)[C@@H]1CC=CCC1. The zero-order valence-corrected chi connectivity index (χ0v) is 12.6. The number of thiophene rings is 1. The monoisotopic (exact) mass is 298 g/mol. The van der Waals surface area contributed by atoms with Crippen molar-refractivity contribution in [3.8, 4) is 11.3 Å². The molecule has 0 spiro atoms. The Bertz CT molecular complexity index is 634. The number of hydrogen-bond acceptors (Lipinski definition) is 3. The van der Waals surface area contributed by atoms with Crippen LogP contribution in [0.3, 0.4) is 0 Å². The lowest BCUT2D eigenvalue weighted by Crippen LogP contribution is -2.30. The predicted octanol–water partition coefficient (Wildman–Crippen LogP) is 3.78. The molecule has 1 N–H and O–H groups in total. The number of aromatic nitrogens is 1. The van der Waals surface area contributed by atoms with Crippen LogP contribution in [0.5, 0.6) is 0 Å². The Morgan fingerprint density at radius 3 is 3.10 bits per heavy atom. The van der Waals surface area contributed by atoms with Crippen LogP contribution in [0.1, 0.15) is 24.8 Å². The summed E-state index contributed by atoms with van der Waals surface area (Å²) in [6, 6.07) is 6.01. The molecule has 3 rings (SSSR count). The lowest BCUT2D eigenvalue weighted by Gasteiger charge is -2.17. The topological polar surface area (TPSA) is 42.0 Å². The van der Waals surface area contributed by atoms with Gasteiger partial charge in [0.25, 0.3) is 0 Å². The predicted molar refractivity (Wildman–Crippen MR) is 85.9 cm³/mol. The van der Waals surface area contributed by atoms with Gasteiger partial charge >= 0.3 is 0 Å². The van der Waals surface area contributed by atoms with Gasteiger partial charge in [-0.25, -0.2) is 0 Å². The van der Waals surface area contributed by atoms with Crippen LogP contribution in [0.2, 0.25) is 0 Å². The molecule has 0 saturated heterocycles. The minimum absolute atomic E-state index is 0.122. The molecule has 1 aliphatic carbocycles. The highest BCUT2D eigenvalue weighted by Gasteiger charge is 2.18. The summed E-state index contributed by atoms with van der Waals surface area (Å²) in [7, 11) is 0. The van der Waals surface area contributed by atoms with Gasteiger partial charge < -0.3 is 5.32 Å². The number of carbonyl (C=O) groups excluding carboxylic acids is 1. The Morgan fingerprint density at radius 1 is 1.38 bits per heavy atom. The molecule has 1 amide bonds. The molecule has 2 aromatic heterocycles. The first-order valence-corrected chi connectivity index (χ1v) is 8.18. The van der Waals surface area contributed by atoms with E-state index in [0.717, 1.165) is 36.1 Å². The van der Waals surface area contributed by atoms with Gasteiger partial charge in [0.2, 0.25) is 5.91 Å². The van der Waals surface area contributed by atoms with E-state index in [-0.39, 0.29) is 11.8 Å². The minimum atomic E-state index is 0.122. The van der Waals surface area contributed by atoms with Gasteiger partial charge in [0.05, 0.1) is 5.69 Å². The van der Waals surface area contributed by atoms with Crippen molar-refractivity contribution in [3.63, 3.8) is 0 Å². The van der Waals surface area contributed by atoms with Crippen molar-refractivity contribution in [2.24, 2.45) is 5.92 Å². The zero-order chi connectivity index (χ0) is 14.5. The average molecular weight is 298 g/mol. The number of carbonyl (C=O) groups is 1. The van der Waals surface area contributed by atoms with Crippen LogP contribution in [0.4, 0.5) is 0 Å². The van der Waals surface area contributed by atoms with Gasteiger partial charge in [-0.15, -0.1) is 0 Å². The smallest absolute Gasteiger partial charge is 0.223 e. The van der Waals surface area contributed by atoms with Crippen molar-refractivity contribution in [2.75, 3.05) is 0 Å². The van der Waals surface area contributed by atoms with Crippen molar-refractivity contribution in [1.29, 1.82) is 0 Å². The summed E-state index contributed by atoms with van der Waals surface area (Å²) in [6.45, 7) is 0.540. The molecule has 0 aliphatic heterocycles. The second kappa shape index (κ2) is 6.68. The van der Waals surface area contributed by atoms with E-state index in [0.29, 0.717) is 6.54 Å². The van der Waals surface area contributed by atoms with Gasteiger partial charge in [0, 0.05) is 29.6 Å². The molecule has 2 aromatic rings. The van der Waals surface area contributed by atoms with E-state index in [1.165, 1.54) is 0 Å². The zero-order valence-electron chi connectivity index (χ0n) is 11.8. The number of allylic oxidation sites excluding steroid dienone is 2. The Morgan fingerprint density at radius 2 is 2.33 bits per heavy atom. The third-order valence-electron chi connectivity index (χ3n) is 3.78. The first-order valence-electron chi connectivity index (χ1n) is 7.24. The van der Waals surface area contributed by atoms with Crippen LogP contribution < -0.4 is 5.32 Å². The molecule has 0 saturated carbocycles. The van der Waals surface area contributed by atoms with Crippen molar-refractivity contribution >= 4 is 17.2 Å². The Labute approximate surface area is 128 Å². The Balaban J connectivity index is 1.68. The van der Waals surface area contributed by atoms with E-state index < -0.39 is 0 Å². The molecule has 0 aromatic carbocycles. The van der Waals surface area contributed by atoms with Crippen LogP contribution in [0.15, 0.2) is 47.3 Å². The fourth-order valence-electron chi connectivity index (χ4n) is 2.60. The molecular weight excluding hydrogens is 280 g/mol. The van der Waals surface area contributed by atoms with Crippen molar-refractivity contribution in [2.45, 2.75) is 25.8 Å². The first-order chi connectivity index (χ1) is 10.3. The lowest BCUT2D eigenvalue weighted by molar-refractivity contribution is -0.125. The Hall–Kier alpha value is -1.94. The third-order valence-corrected chi connectivity index (χ3v) is 4.46. The summed E-state index contributed by atoms with van der Waals surface area (Å²) in [5.41, 5.74) is 3.14. The number of rotatable bonds is 4. The van der Waals surface area contributed by atoms with Crippen LogP contribution in [-0.4, -0.2) is 10.9 Å². The van der Waals surface area contributed by atoms with Gasteiger partial charge in [0.15, 0.2) is 0 Å². The maximum absolute atomic E-state index is 12.2. The van der Waals surface area contributed by atoms with Crippen molar-refractivity contribution < 1.29 is 4.79 Å². The van der Waals surface area contributed by atoms with Crippen LogP contribution in [0.25, 0.3) is 11.3 Å². The number of hydrogen-bond donors (Lipinski definition) is 1. The molecule has 3 nitrogen and oxygen atoms in total.